The molecule has 4 heteroatoms. The fourth-order valence-corrected chi connectivity index (χ4v) is 1.93. The molecule has 0 aliphatic carbocycles. The number of likely N-dealkylation sites (N-methyl/N-ethyl adjacent to an activating group) is 1. The zero-order valence-electron chi connectivity index (χ0n) is 8.90. The summed E-state index contributed by atoms with van der Waals surface area (Å²) >= 11 is 0. The molecular formula is C10H19NO3. The number of carboxylic acids is 1. The smallest absolute Gasteiger partial charge is 0.305 e. The van der Waals surface area contributed by atoms with Crippen LogP contribution in [0, 0.1) is 5.92 Å². The number of carbonyl (C=O) groups is 1. The van der Waals surface area contributed by atoms with Crippen LogP contribution in [0.1, 0.15) is 19.8 Å². The van der Waals surface area contributed by atoms with Crippen LogP contribution in [-0.4, -0.2) is 48.8 Å². The summed E-state index contributed by atoms with van der Waals surface area (Å²) in [6, 6.07) is 0.471. The standard InChI is InChI=1S/C10H19NO3/c1-8-5-9(11(2)6-8)7-14-4-3-10(12)13/h8-9H,3-7H2,1-2H3,(H,12,13)/t8-,9-/m0/s1. The van der Waals surface area contributed by atoms with Crippen molar-refractivity contribution in [2.75, 3.05) is 26.8 Å². The monoisotopic (exact) mass is 201 g/mol. The van der Waals surface area contributed by atoms with Crippen molar-refractivity contribution in [3.05, 3.63) is 0 Å². The van der Waals surface area contributed by atoms with Crippen molar-refractivity contribution >= 4 is 5.97 Å². The molecule has 0 spiro atoms. The predicted molar refractivity (Wildman–Crippen MR) is 53.3 cm³/mol. The van der Waals surface area contributed by atoms with Gasteiger partial charge in [0.2, 0.25) is 0 Å². The molecule has 0 radical (unpaired) electrons. The highest BCUT2D eigenvalue weighted by molar-refractivity contribution is 5.66. The van der Waals surface area contributed by atoms with Gasteiger partial charge in [0.05, 0.1) is 19.6 Å². The lowest BCUT2D eigenvalue weighted by atomic mass is 10.1. The third-order valence-electron chi connectivity index (χ3n) is 2.67. The van der Waals surface area contributed by atoms with E-state index in [0.29, 0.717) is 19.3 Å². The lowest BCUT2D eigenvalue weighted by Crippen LogP contribution is -2.29. The van der Waals surface area contributed by atoms with E-state index < -0.39 is 5.97 Å². The molecule has 4 nitrogen and oxygen atoms in total. The summed E-state index contributed by atoms with van der Waals surface area (Å²) in [6.45, 7) is 4.34. The third kappa shape index (κ3) is 3.64. The maximum atomic E-state index is 10.2. The quantitative estimate of drug-likeness (QED) is 0.669. The summed E-state index contributed by atoms with van der Waals surface area (Å²) in [5, 5.41) is 8.41. The van der Waals surface area contributed by atoms with Crippen LogP contribution in [0.15, 0.2) is 0 Å². The van der Waals surface area contributed by atoms with Crippen LogP contribution < -0.4 is 0 Å². The van der Waals surface area contributed by atoms with Crippen molar-refractivity contribution < 1.29 is 14.6 Å². The molecule has 0 aromatic heterocycles. The Labute approximate surface area is 84.8 Å². The van der Waals surface area contributed by atoms with E-state index in [1.54, 1.807) is 0 Å². The van der Waals surface area contributed by atoms with E-state index in [2.05, 4.69) is 18.9 Å². The minimum atomic E-state index is -0.793. The van der Waals surface area contributed by atoms with Crippen LogP contribution in [-0.2, 0) is 9.53 Å². The molecule has 0 aromatic rings. The maximum absolute atomic E-state index is 10.2. The number of nitrogens with zero attached hydrogens (tertiary/aromatic N) is 1. The Morgan fingerprint density at radius 1 is 1.64 bits per heavy atom. The molecule has 82 valence electrons. The summed E-state index contributed by atoms with van der Waals surface area (Å²) in [5.41, 5.74) is 0. The molecule has 0 unspecified atom stereocenters. The zero-order chi connectivity index (χ0) is 10.6. The summed E-state index contributed by atoms with van der Waals surface area (Å²) in [4.78, 5) is 12.5. The molecule has 1 rings (SSSR count). The van der Waals surface area contributed by atoms with Gasteiger partial charge in [0, 0.05) is 12.6 Å². The first-order valence-corrected chi connectivity index (χ1v) is 5.09. The number of hydrogen-bond acceptors (Lipinski definition) is 3. The van der Waals surface area contributed by atoms with Crippen LogP contribution in [0.2, 0.25) is 0 Å². The number of aliphatic carboxylic acids is 1. The summed E-state index contributed by atoms with van der Waals surface area (Å²) < 4.78 is 5.32. The fraction of sp³-hybridized carbons (Fsp3) is 0.900. The van der Waals surface area contributed by atoms with Crippen molar-refractivity contribution in [2.45, 2.75) is 25.8 Å². The van der Waals surface area contributed by atoms with E-state index in [1.165, 1.54) is 0 Å². The largest absolute Gasteiger partial charge is 0.481 e. The Balaban J connectivity index is 2.09. The van der Waals surface area contributed by atoms with Gasteiger partial charge in [-0.15, -0.1) is 0 Å². The molecule has 2 atom stereocenters. The number of carboxylic acid groups (broad SMARTS) is 1. The summed E-state index contributed by atoms with van der Waals surface area (Å²) in [5.74, 6) is -0.0637. The number of likely N-dealkylation sites (tertiary alicyclic amines) is 1. The second-order valence-electron chi connectivity index (χ2n) is 4.15. The highest BCUT2D eigenvalue weighted by atomic mass is 16.5. The van der Waals surface area contributed by atoms with Crippen molar-refractivity contribution in [1.29, 1.82) is 0 Å². The van der Waals surface area contributed by atoms with Gasteiger partial charge in [0.15, 0.2) is 0 Å². The van der Waals surface area contributed by atoms with Gasteiger partial charge in [-0.1, -0.05) is 6.92 Å². The summed E-state index contributed by atoms with van der Waals surface area (Å²) in [6.07, 6.45) is 1.26. The Hall–Kier alpha value is -0.610. The van der Waals surface area contributed by atoms with Crippen molar-refractivity contribution in [2.24, 2.45) is 5.92 Å². The average molecular weight is 201 g/mol. The van der Waals surface area contributed by atoms with Crippen molar-refractivity contribution in [1.82, 2.24) is 4.90 Å². The van der Waals surface area contributed by atoms with Gasteiger partial charge >= 0.3 is 5.97 Å². The van der Waals surface area contributed by atoms with Crippen LogP contribution in [0.3, 0.4) is 0 Å². The topological polar surface area (TPSA) is 49.8 Å². The number of rotatable bonds is 5. The minimum Gasteiger partial charge on any atom is -0.481 e. The molecule has 0 bridgehead atoms. The third-order valence-corrected chi connectivity index (χ3v) is 2.67. The van der Waals surface area contributed by atoms with Gasteiger partial charge in [0.1, 0.15) is 0 Å². The molecule has 1 saturated heterocycles. The lowest BCUT2D eigenvalue weighted by molar-refractivity contribution is -0.138. The Bertz CT molecular complexity index is 196. The maximum Gasteiger partial charge on any atom is 0.305 e. The number of hydrogen-bond donors (Lipinski definition) is 1. The molecule has 1 N–H and O–H groups in total. The highest BCUT2D eigenvalue weighted by Crippen LogP contribution is 2.20. The van der Waals surface area contributed by atoms with E-state index in [0.717, 1.165) is 18.9 Å². The van der Waals surface area contributed by atoms with Gasteiger partial charge in [0.25, 0.3) is 0 Å². The van der Waals surface area contributed by atoms with E-state index in [4.69, 9.17) is 9.84 Å². The van der Waals surface area contributed by atoms with E-state index >= 15 is 0 Å². The molecule has 0 amide bonds. The Kier molecular flexibility index (Phi) is 4.35. The first kappa shape index (κ1) is 11.5. The number of ether oxygens (including phenoxy) is 1. The molecule has 1 heterocycles. The van der Waals surface area contributed by atoms with Gasteiger partial charge in [-0.25, -0.2) is 0 Å². The van der Waals surface area contributed by atoms with Crippen LogP contribution >= 0.6 is 0 Å². The summed E-state index contributed by atoms with van der Waals surface area (Å²) in [7, 11) is 2.09. The SMILES string of the molecule is C[C@H]1C[C@@H](COCCC(=O)O)N(C)C1. The molecule has 1 aliphatic heterocycles. The first-order chi connectivity index (χ1) is 6.59. The molecular weight excluding hydrogens is 182 g/mol. The average Bonchev–Trinajstić information content (AvgIpc) is 2.39. The van der Waals surface area contributed by atoms with E-state index in [9.17, 15) is 4.79 Å². The van der Waals surface area contributed by atoms with Gasteiger partial charge in [-0.2, -0.15) is 0 Å². The molecule has 0 aromatic carbocycles. The van der Waals surface area contributed by atoms with E-state index in [1.807, 2.05) is 0 Å². The van der Waals surface area contributed by atoms with Gasteiger partial charge < -0.3 is 14.7 Å². The molecule has 1 fully saturated rings. The second kappa shape index (κ2) is 5.32. The van der Waals surface area contributed by atoms with Crippen LogP contribution in [0.4, 0.5) is 0 Å². The van der Waals surface area contributed by atoms with Crippen LogP contribution in [0.25, 0.3) is 0 Å². The molecule has 1 aliphatic rings. The molecule has 14 heavy (non-hydrogen) atoms. The minimum absolute atomic E-state index is 0.103. The van der Waals surface area contributed by atoms with Crippen LogP contribution in [0.5, 0.6) is 0 Å². The normalized spacial score (nSPS) is 28.1. The Morgan fingerprint density at radius 3 is 2.86 bits per heavy atom. The van der Waals surface area contributed by atoms with Crippen molar-refractivity contribution in [3.8, 4) is 0 Å². The lowest BCUT2D eigenvalue weighted by Gasteiger charge is -2.18. The fourth-order valence-electron chi connectivity index (χ4n) is 1.93. The first-order valence-electron chi connectivity index (χ1n) is 5.09. The van der Waals surface area contributed by atoms with E-state index in [-0.39, 0.29) is 6.42 Å². The second-order valence-corrected chi connectivity index (χ2v) is 4.15. The Morgan fingerprint density at radius 2 is 2.36 bits per heavy atom. The van der Waals surface area contributed by atoms with Crippen molar-refractivity contribution in [3.63, 3.8) is 0 Å². The highest BCUT2D eigenvalue weighted by Gasteiger charge is 2.26. The van der Waals surface area contributed by atoms with Gasteiger partial charge in [-0.05, 0) is 19.4 Å². The predicted octanol–water partition coefficient (Wildman–Crippen LogP) is 0.818. The van der Waals surface area contributed by atoms with Gasteiger partial charge in [-0.3, -0.25) is 4.79 Å². The molecule has 0 saturated carbocycles. The zero-order valence-corrected chi connectivity index (χ0v) is 8.90.